The molecule has 0 aliphatic heterocycles. The van der Waals surface area contributed by atoms with Crippen LogP contribution in [0.15, 0.2) is 18.2 Å². The van der Waals surface area contributed by atoms with Crippen molar-refractivity contribution in [1.82, 2.24) is 0 Å². The average molecular weight is 170 g/mol. The van der Waals surface area contributed by atoms with Crippen LogP contribution in [-0.2, 0) is 6.61 Å². The largest absolute Gasteiger partial charge is 0.870 e. The first-order valence-corrected chi connectivity index (χ1v) is 2.89. The van der Waals surface area contributed by atoms with E-state index in [0.717, 1.165) is 0 Å². The molecular formula is C7H8BFO3. The van der Waals surface area contributed by atoms with Crippen molar-refractivity contribution in [3.05, 3.63) is 29.6 Å². The van der Waals surface area contributed by atoms with Crippen LogP contribution in [0.4, 0.5) is 4.39 Å². The third kappa shape index (κ3) is 3.00. The van der Waals surface area contributed by atoms with Gasteiger partial charge in [-0.05, 0) is 0 Å². The number of hydrogen-bond acceptors (Lipinski definition) is 3. The van der Waals surface area contributed by atoms with Crippen LogP contribution in [0, 0.1) is 5.82 Å². The summed E-state index contributed by atoms with van der Waals surface area (Å²) in [5.41, 5.74) is 0.699. The molecule has 0 heterocycles. The molecule has 0 spiro atoms. The summed E-state index contributed by atoms with van der Waals surface area (Å²) in [6, 6.07) is 4.10. The number of rotatable bonds is 1. The molecule has 0 saturated carbocycles. The smallest absolute Gasteiger partial charge is 0.870 e. The molecule has 0 radical (unpaired) electrons. The van der Waals surface area contributed by atoms with Gasteiger partial charge >= 0.3 is 59.0 Å². The van der Waals surface area contributed by atoms with Gasteiger partial charge in [-0.1, -0.05) is 0 Å². The predicted molar refractivity (Wildman–Crippen MR) is 41.6 cm³/mol. The van der Waals surface area contributed by atoms with E-state index in [2.05, 4.69) is 0 Å². The molecule has 5 heteroatoms. The molecule has 64 valence electrons. The maximum atomic E-state index is 12.6. The summed E-state index contributed by atoms with van der Waals surface area (Å²) in [5.74, 6) is -0.420. The Morgan fingerprint density at radius 1 is 1.33 bits per heavy atom. The van der Waals surface area contributed by atoms with Crippen molar-refractivity contribution in [1.29, 1.82) is 0 Å². The van der Waals surface area contributed by atoms with Crippen LogP contribution in [0.25, 0.3) is 0 Å². The van der Waals surface area contributed by atoms with Gasteiger partial charge in [0.15, 0.2) is 0 Å². The van der Waals surface area contributed by atoms with Gasteiger partial charge in [0.1, 0.15) is 0 Å². The van der Waals surface area contributed by atoms with E-state index in [9.17, 15) is 4.39 Å². The van der Waals surface area contributed by atoms with Gasteiger partial charge in [-0.25, -0.2) is 0 Å². The van der Waals surface area contributed by atoms with Crippen molar-refractivity contribution in [3.8, 4) is 0 Å². The van der Waals surface area contributed by atoms with Crippen molar-refractivity contribution < 1.29 is 20.4 Å². The maximum absolute atomic E-state index is 12.6. The summed E-state index contributed by atoms with van der Waals surface area (Å²) in [4.78, 5) is 0. The molecule has 3 N–H and O–H groups in total. The normalized spacial score (nSPS) is 8.33. The molecule has 1 aromatic carbocycles. The van der Waals surface area contributed by atoms with Gasteiger partial charge in [-0.15, -0.1) is 0 Å². The van der Waals surface area contributed by atoms with Crippen molar-refractivity contribution in [3.63, 3.8) is 0 Å². The zero-order valence-electron chi connectivity index (χ0n) is 6.24. The molecule has 3 nitrogen and oxygen atoms in total. The Kier molecular flexibility index (Phi) is 6.50. The minimum Gasteiger partial charge on any atom is -0.870 e. The molecule has 0 aliphatic carbocycles. The van der Waals surface area contributed by atoms with Gasteiger partial charge in [0.05, 0.1) is 0 Å². The van der Waals surface area contributed by atoms with Crippen LogP contribution < -0.4 is 5.46 Å². The molecule has 12 heavy (non-hydrogen) atoms. The Morgan fingerprint density at radius 2 is 1.92 bits per heavy atom. The van der Waals surface area contributed by atoms with Crippen LogP contribution in [0.5, 0.6) is 0 Å². The fourth-order valence-corrected chi connectivity index (χ4v) is 0.716. The summed E-state index contributed by atoms with van der Waals surface area (Å²) in [6.45, 7) is -0.309. The Morgan fingerprint density at radius 3 is 2.33 bits per heavy atom. The molecule has 0 aromatic heterocycles. The monoisotopic (exact) mass is 170 g/mol. The van der Waals surface area contributed by atoms with Crippen LogP contribution in [0.1, 0.15) is 5.56 Å². The second kappa shape index (κ2) is 5.71. The molecule has 0 amide bonds. The number of benzene rings is 1. The van der Waals surface area contributed by atoms with Crippen LogP contribution in [-0.4, -0.2) is 23.9 Å². The molecule has 0 fully saturated rings. The van der Waals surface area contributed by atoms with E-state index in [-0.39, 0.29) is 23.1 Å². The molecule has 0 unspecified atom stereocenters. The summed E-state index contributed by atoms with van der Waals surface area (Å²) < 4.78 is 12.6. The third-order valence-electron chi connectivity index (χ3n) is 1.24. The number of aliphatic hydroxyl groups is 1. The zero-order chi connectivity index (χ0) is 7.56. The first-order valence-electron chi connectivity index (χ1n) is 2.89. The van der Waals surface area contributed by atoms with Gasteiger partial charge < -0.3 is 11.0 Å². The molecular weight excluding hydrogens is 162 g/mol. The summed E-state index contributed by atoms with van der Waals surface area (Å²) >= 11 is 0. The fraction of sp³-hybridized carbons (Fsp3) is 0.143. The van der Waals surface area contributed by atoms with Crippen molar-refractivity contribution in [2.45, 2.75) is 6.61 Å². The topological polar surface area (TPSA) is 80.2 Å². The SMILES string of the molecule is [B+2]c1ccc(F)c(CO)c1.[OH-].[OH-]. The van der Waals surface area contributed by atoms with Crippen molar-refractivity contribution in [2.24, 2.45) is 0 Å². The third-order valence-corrected chi connectivity index (χ3v) is 1.24. The van der Waals surface area contributed by atoms with Crippen LogP contribution in [0.2, 0.25) is 0 Å². The standard InChI is InChI=1S/C7H6BFO.2H2O/c8-6-1-2-7(9)5(3-6)4-10;;/h1-3,10H,4H2;2*1H2/q+2;;/p-2. The van der Waals surface area contributed by atoms with Gasteiger partial charge in [0.2, 0.25) is 0 Å². The van der Waals surface area contributed by atoms with Crippen molar-refractivity contribution in [2.75, 3.05) is 0 Å². The van der Waals surface area contributed by atoms with E-state index in [1.165, 1.54) is 18.2 Å². The first-order chi connectivity index (χ1) is 4.74. The average Bonchev–Trinajstić information content (AvgIpc) is 1.94. The summed E-state index contributed by atoms with van der Waals surface area (Å²) in [7, 11) is 5.33. The van der Waals surface area contributed by atoms with Gasteiger partial charge in [0.25, 0.3) is 0 Å². The van der Waals surface area contributed by atoms with Crippen molar-refractivity contribution >= 4 is 13.3 Å². The molecule has 0 saturated heterocycles. The van der Waals surface area contributed by atoms with Crippen LogP contribution >= 0.6 is 0 Å². The summed E-state index contributed by atoms with van der Waals surface area (Å²) in [5, 5.41) is 8.55. The van der Waals surface area contributed by atoms with E-state index in [1.807, 2.05) is 0 Å². The summed E-state index contributed by atoms with van der Waals surface area (Å²) in [6.07, 6.45) is 0. The van der Waals surface area contributed by atoms with E-state index >= 15 is 0 Å². The molecule has 0 aliphatic rings. The minimum atomic E-state index is -0.420. The van der Waals surface area contributed by atoms with Gasteiger partial charge in [0, 0.05) is 0 Å². The quantitative estimate of drug-likeness (QED) is 0.590. The van der Waals surface area contributed by atoms with E-state index in [0.29, 0.717) is 5.46 Å². The van der Waals surface area contributed by atoms with Gasteiger partial charge in [-0.2, -0.15) is 0 Å². The Hall–Kier alpha value is -0.905. The number of hydrogen-bond donors (Lipinski definition) is 1. The van der Waals surface area contributed by atoms with Gasteiger partial charge in [-0.3, -0.25) is 0 Å². The molecule has 0 bridgehead atoms. The second-order valence-corrected chi connectivity index (χ2v) is 2.01. The van der Waals surface area contributed by atoms with E-state index < -0.39 is 5.82 Å². The Labute approximate surface area is 70.9 Å². The molecule has 0 atom stereocenters. The number of halogens is 1. The Bertz CT molecular complexity index is 242. The fourth-order valence-electron chi connectivity index (χ4n) is 0.716. The van der Waals surface area contributed by atoms with Crippen LogP contribution in [0.3, 0.4) is 0 Å². The van der Waals surface area contributed by atoms with E-state index in [1.54, 1.807) is 0 Å². The molecule has 1 aromatic rings. The zero-order valence-corrected chi connectivity index (χ0v) is 6.24. The second-order valence-electron chi connectivity index (χ2n) is 2.01. The maximum Gasteiger partial charge on any atom is -0.870 e. The first kappa shape index (κ1) is 13.7. The molecule has 1 rings (SSSR count). The van der Waals surface area contributed by atoms with E-state index in [4.69, 9.17) is 13.0 Å². The minimum absolute atomic E-state index is 0. The Balaban J connectivity index is 0. The number of aliphatic hydroxyl groups excluding tert-OH is 1. The predicted octanol–water partition coefficient (Wildman–Crippen LogP) is -0.242.